The van der Waals surface area contributed by atoms with Crippen LogP contribution in [0.25, 0.3) is 0 Å². The van der Waals surface area contributed by atoms with Gasteiger partial charge in [0.15, 0.2) is 0 Å². The molecule has 1 atom stereocenters. The number of allylic oxidation sites excluding steroid dienone is 5. The molecule has 30 heavy (non-hydrogen) atoms. The molecule has 0 saturated heterocycles. The summed E-state index contributed by atoms with van der Waals surface area (Å²) in [7, 11) is 0. The smallest absolute Gasteiger partial charge is 0.408 e. The van der Waals surface area contributed by atoms with Gasteiger partial charge in [0, 0.05) is 11.5 Å². The molecule has 7 heteroatoms. The number of ether oxygens (including phenoxy) is 1. The van der Waals surface area contributed by atoms with Gasteiger partial charge in [-0.05, 0) is 74.1 Å². The van der Waals surface area contributed by atoms with Crippen molar-refractivity contribution in [2.45, 2.75) is 85.8 Å². The number of nitrogens with one attached hydrogen (secondary N) is 2. The maximum absolute atomic E-state index is 11.9. The van der Waals surface area contributed by atoms with Crippen molar-refractivity contribution in [1.29, 1.82) is 0 Å². The minimum atomic E-state index is -0.866. The number of hydroxylamine groups is 1. The van der Waals surface area contributed by atoms with Crippen LogP contribution in [-0.2, 0) is 9.53 Å². The second kappa shape index (κ2) is 15.1. The van der Waals surface area contributed by atoms with Gasteiger partial charge in [-0.1, -0.05) is 34.9 Å². The van der Waals surface area contributed by atoms with Crippen molar-refractivity contribution >= 4 is 23.8 Å². The van der Waals surface area contributed by atoms with Crippen LogP contribution in [0.3, 0.4) is 0 Å². The summed E-state index contributed by atoms with van der Waals surface area (Å²) < 4.78 is 5.17. The lowest BCUT2D eigenvalue weighted by Gasteiger charge is -2.22. The molecule has 0 radical (unpaired) electrons. The molecule has 0 saturated carbocycles. The van der Waals surface area contributed by atoms with Gasteiger partial charge in [0.05, 0.1) is 0 Å². The number of hydrogen-bond acceptors (Lipinski definition) is 5. The van der Waals surface area contributed by atoms with E-state index in [0.29, 0.717) is 5.75 Å². The van der Waals surface area contributed by atoms with E-state index in [1.54, 1.807) is 26.3 Å². The second-order valence-corrected chi connectivity index (χ2v) is 9.75. The van der Waals surface area contributed by atoms with Crippen molar-refractivity contribution in [3.05, 3.63) is 34.9 Å². The molecule has 0 aliphatic carbocycles. The molecule has 2 amide bonds. The van der Waals surface area contributed by atoms with Gasteiger partial charge >= 0.3 is 6.09 Å². The summed E-state index contributed by atoms with van der Waals surface area (Å²) in [4.78, 5) is 23.7. The predicted molar refractivity (Wildman–Crippen MR) is 126 cm³/mol. The van der Waals surface area contributed by atoms with Crippen molar-refractivity contribution in [3.63, 3.8) is 0 Å². The summed E-state index contributed by atoms with van der Waals surface area (Å²) in [6, 6.07) is -0.866. The van der Waals surface area contributed by atoms with Crippen LogP contribution in [0.4, 0.5) is 4.79 Å². The molecule has 0 aromatic carbocycles. The van der Waals surface area contributed by atoms with Crippen molar-refractivity contribution in [2.75, 3.05) is 11.5 Å². The standard InChI is InChI=1S/C23H40N2O4S/c1-17(2)10-8-11-18(3)12-9-13-19(4)14-15-30-16-20(21(26)25-28)24-22(27)29-23(5,6)7/h10,12,14,20,28H,8-9,11,13,15-16H2,1-7H3,(H,24,27)(H,25,26). The summed E-state index contributed by atoms with van der Waals surface area (Å²) >= 11 is 1.51. The van der Waals surface area contributed by atoms with Crippen molar-refractivity contribution < 1.29 is 19.5 Å². The molecule has 0 fully saturated rings. The summed E-state index contributed by atoms with van der Waals surface area (Å²) in [5, 5.41) is 11.4. The molecule has 0 spiro atoms. The number of carbonyl (C=O) groups excluding carboxylic acids is 2. The molecule has 0 aliphatic heterocycles. The van der Waals surface area contributed by atoms with Gasteiger partial charge in [-0.15, -0.1) is 0 Å². The highest BCUT2D eigenvalue weighted by atomic mass is 32.2. The Bertz CT molecular complexity index is 630. The lowest BCUT2D eigenvalue weighted by atomic mass is 10.1. The zero-order valence-corrected chi connectivity index (χ0v) is 20.4. The van der Waals surface area contributed by atoms with Crippen molar-refractivity contribution in [3.8, 4) is 0 Å². The molecule has 0 aliphatic rings. The van der Waals surface area contributed by atoms with Gasteiger partial charge in [-0.3, -0.25) is 10.0 Å². The van der Waals surface area contributed by atoms with Crippen LogP contribution in [0.2, 0.25) is 0 Å². The number of thioether (sulfide) groups is 1. The van der Waals surface area contributed by atoms with Crippen LogP contribution in [0.5, 0.6) is 0 Å². The Morgan fingerprint density at radius 2 is 1.57 bits per heavy atom. The van der Waals surface area contributed by atoms with Gasteiger partial charge < -0.3 is 10.1 Å². The van der Waals surface area contributed by atoms with Gasteiger partial charge in [0.2, 0.25) is 0 Å². The van der Waals surface area contributed by atoms with Crippen LogP contribution in [0.15, 0.2) is 34.9 Å². The Morgan fingerprint density at radius 3 is 2.10 bits per heavy atom. The first-order chi connectivity index (χ1) is 13.9. The third-order valence-corrected chi connectivity index (χ3v) is 5.05. The zero-order chi connectivity index (χ0) is 23.2. The molecule has 0 aromatic rings. The van der Waals surface area contributed by atoms with E-state index >= 15 is 0 Å². The predicted octanol–water partition coefficient (Wildman–Crippen LogP) is 5.54. The zero-order valence-electron chi connectivity index (χ0n) is 19.6. The lowest BCUT2D eigenvalue weighted by molar-refractivity contribution is -0.130. The van der Waals surface area contributed by atoms with E-state index in [4.69, 9.17) is 9.94 Å². The molecule has 0 bridgehead atoms. The van der Waals surface area contributed by atoms with Crippen LogP contribution < -0.4 is 10.8 Å². The molecule has 0 rings (SSSR count). The average Bonchev–Trinajstić information content (AvgIpc) is 2.61. The third-order valence-electron chi connectivity index (χ3n) is 4.07. The Morgan fingerprint density at radius 1 is 1.00 bits per heavy atom. The fourth-order valence-corrected chi connectivity index (χ4v) is 3.45. The minimum absolute atomic E-state index is 0.332. The number of amides is 2. The van der Waals surface area contributed by atoms with Crippen molar-refractivity contribution in [2.24, 2.45) is 0 Å². The summed E-state index contributed by atoms with van der Waals surface area (Å²) in [5.41, 5.74) is 5.01. The highest BCUT2D eigenvalue weighted by Crippen LogP contribution is 2.13. The van der Waals surface area contributed by atoms with Crippen LogP contribution >= 0.6 is 11.8 Å². The van der Waals surface area contributed by atoms with Gasteiger partial charge in [0.1, 0.15) is 11.6 Å². The Kier molecular flexibility index (Phi) is 14.3. The molecular formula is C23H40N2O4S. The lowest BCUT2D eigenvalue weighted by Crippen LogP contribution is -2.48. The van der Waals surface area contributed by atoms with Gasteiger partial charge in [-0.25, -0.2) is 10.3 Å². The number of rotatable bonds is 12. The third kappa shape index (κ3) is 16.1. The molecule has 6 nitrogen and oxygen atoms in total. The minimum Gasteiger partial charge on any atom is -0.444 e. The first-order valence-electron chi connectivity index (χ1n) is 10.4. The van der Waals surface area contributed by atoms with Gasteiger partial charge in [-0.2, -0.15) is 11.8 Å². The summed E-state index contributed by atoms with van der Waals surface area (Å²) in [5.74, 6) is 0.391. The highest BCUT2D eigenvalue weighted by Gasteiger charge is 2.23. The van der Waals surface area contributed by atoms with E-state index in [9.17, 15) is 9.59 Å². The van der Waals surface area contributed by atoms with Crippen LogP contribution in [0, 0.1) is 0 Å². The van der Waals surface area contributed by atoms with Crippen LogP contribution in [0.1, 0.15) is 74.1 Å². The number of alkyl carbamates (subject to hydrolysis) is 1. The molecule has 3 N–H and O–H groups in total. The summed E-state index contributed by atoms with van der Waals surface area (Å²) in [6.45, 7) is 13.8. The summed E-state index contributed by atoms with van der Waals surface area (Å²) in [6.07, 6.45) is 10.2. The SMILES string of the molecule is CC(C)=CCCC(C)=CCCC(C)=CCSCC(NC(=O)OC(C)(C)C)C(=O)NO. The highest BCUT2D eigenvalue weighted by molar-refractivity contribution is 7.99. The molecule has 0 heterocycles. The molecular weight excluding hydrogens is 400 g/mol. The second-order valence-electron chi connectivity index (χ2n) is 8.67. The first kappa shape index (κ1) is 28.3. The van der Waals surface area contributed by atoms with E-state index < -0.39 is 23.6 Å². The maximum atomic E-state index is 11.9. The van der Waals surface area contributed by atoms with E-state index in [-0.39, 0.29) is 0 Å². The van der Waals surface area contributed by atoms with E-state index in [0.717, 1.165) is 31.4 Å². The average molecular weight is 441 g/mol. The normalized spacial score (nSPS) is 13.5. The maximum Gasteiger partial charge on any atom is 0.408 e. The van der Waals surface area contributed by atoms with E-state index in [2.05, 4.69) is 51.2 Å². The Balaban J connectivity index is 4.37. The fraction of sp³-hybridized carbons (Fsp3) is 0.652. The monoisotopic (exact) mass is 440 g/mol. The topological polar surface area (TPSA) is 87.7 Å². The molecule has 172 valence electrons. The molecule has 1 unspecified atom stereocenters. The Hall–Kier alpha value is -1.73. The Labute approximate surface area is 186 Å². The largest absolute Gasteiger partial charge is 0.444 e. The quantitative estimate of drug-likeness (QED) is 0.161. The van der Waals surface area contributed by atoms with E-state index in [1.807, 2.05) is 0 Å². The van der Waals surface area contributed by atoms with Crippen molar-refractivity contribution in [1.82, 2.24) is 10.8 Å². The van der Waals surface area contributed by atoms with Crippen LogP contribution in [-0.4, -0.2) is 40.4 Å². The molecule has 0 aromatic heterocycles. The number of hydrogen-bond donors (Lipinski definition) is 3. The first-order valence-corrected chi connectivity index (χ1v) is 11.6. The number of carbonyl (C=O) groups is 2. The van der Waals surface area contributed by atoms with Gasteiger partial charge in [0.25, 0.3) is 5.91 Å². The van der Waals surface area contributed by atoms with E-state index in [1.165, 1.54) is 28.5 Å². The fourth-order valence-electron chi connectivity index (χ4n) is 2.44.